The maximum absolute atomic E-state index is 12.5. The van der Waals surface area contributed by atoms with E-state index in [9.17, 15) is 4.79 Å². The third-order valence-electron chi connectivity index (χ3n) is 3.89. The van der Waals surface area contributed by atoms with Gasteiger partial charge in [-0.15, -0.1) is 0 Å². The quantitative estimate of drug-likeness (QED) is 0.870. The SMILES string of the molecule is CNc1ccc(C(=O)N2CCCC2(C)C)cc1C. The van der Waals surface area contributed by atoms with Crippen molar-refractivity contribution >= 4 is 11.6 Å². The minimum absolute atomic E-state index is 0.00728. The van der Waals surface area contributed by atoms with Gasteiger partial charge in [-0.25, -0.2) is 0 Å². The molecule has 0 unspecified atom stereocenters. The van der Waals surface area contributed by atoms with E-state index >= 15 is 0 Å². The highest BCUT2D eigenvalue weighted by Gasteiger charge is 2.35. The summed E-state index contributed by atoms with van der Waals surface area (Å²) < 4.78 is 0. The first-order valence-corrected chi connectivity index (χ1v) is 6.56. The van der Waals surface area contributed by atoms with E-state index in [-0.39, 0.29) is 11.4 Å². The molecule has 0 bridgehead atoms. The zero-order valence-corrected chi connectivity index (χ0v) is 11.7. The highest BCUT2D eigenvalue weighted by atomic mass is 16.2. The molecule has 1 aromatic carbocycles. The predicted octanol–water partition coefficient (Wildman–Crippen LogP) is 3.05. The molecule has 0 spiro atoms. The molecule has 0 saturated carbocycles. The lowest BCUT2D eigenvalue weighted by Gasteiger charge is -2.31. The van der Waals surface area contributed by atoms with E-state index in [0.717, 1.165) is 36.2 Å². The number of nitrogens with one attached hydrogen (secondary N) is 1. The average molecular weight is 246 g/mol. The van der Waals surface area contributed by atoms with Crippen molar-refractivity contribution in [3.8, 4) is 0 Å². The van der Waals surface area contributed by atoms with Crippen LogP contribution in [0.5, 0.6) is 0 Å². The Kier molecular flexibility index (Phi) is 3.33. The molecule has 1 fully saturated rings. The number of benzene rings is 1. The first-order valence-electron chi connectivity index (χ1n) is 6.56. The van der Waals surface area contributed by atoms with Crippen LogP contribution in [0.1, 0.15) is 42.6 Å². The number of rotatable bonds is 2. The van der Waals surface area contributed by atoms with Crippen molar-refractivity contribution < 1.29 is 4.79 Å². The van der Waals surface area contributed by atoms with E-state index in [2.05, 4.69) is 19.2 Å². The topological polar surface area (TPSA) is 32.3 Å². The first kappa shape index (κ1) is 12.9. The van der Waals surface area contributed by atoms with Gasteiger partial charge in [0.25, 0.3) is 5.91 Å². The maximum Gasteiger partial charge on any atom is 0.254 e. The number of anilines is 1. The highest BCUT2D eigenvalue weighted by Crippen LogP contribution is 2.30. The molecule has 2 rings (SSSR count). The van der Waals surface area contributed by atoms with Crippen LogP contribution < -0.4 is 5.32 Å². The number of nitrogens with zero attached hydrogens (tertiary/aromatic N) is 1. The summed E-state index contributed by atoms with van der Waals surface area (Å²) in [7, 11) is 1.90. The molecule has 0 aromatic heterocycles. The van der Waals surface area contributed by atoms with Gasteiger partial charge in [-0.2, -0.15) is 0 Å². The molecule has 1 aromatic rings. The standard InChI is InChI=1S/C15H22N2O/c1-11-10-12(6-7-13(11)16-4)14(18)17-9-5-8-15(17,2)3/h6-7,10,16H,5,8-9H2,1-4H3. The number of aryl methyl sites for hydroxylation is 1. The van der Waals surface area contributed by atoms with Gasteiger partial charge in [0.2, 0.25) is 0 Å². The van der Waals surface area contributed by atoms with Crippen molar-refractivity contribution in [2.45, 2.75) is 39.2 Å². The fraction of sp³-hybridized carbons (Fsp3) is 0.533. The fourth-order valence-corrected chi connectivity index (χ4v) is 2.72. The van der Waals surface area contributed by atoms with Crippen molar-refractivity contribution in [2.75, 3.05) is 18.9 Å². The van der Waals surface area contributed by atoms with E-state index in [0.29, 0.717) is 0 Å². The van der Waals surface area contributed by atoms with Gasteiger partial charge in [0.15, 0.2) is 0 Å². The molecule has 3 nitrogen and oxygen atoms in total. The molecule has 1 heterocycles. The second-order valence-corrected chi connectivity index (χ2v) is 5.65. The molecule has 1 aliphatic rings. The fourth-order valence-electron chi connectivity index (χ4n) is 2.72. The summed E-state index contributed by atoms with van der Waals surface area (Å²) in [5, 5.41) is 3.12. The van der Waals surface area contributed by atoms with Gasteiger partial charge in [-0.1, -0.05) is 0 Å². The molecular weight excluding hydrogens is 224 g/mol. The molecule has 1 N–H and O–H groups in total. The van der Waals surface area contributed by atoms with Crippen LogP contribution in [0.3, 0.4) is 0 Å². The highest BCUT2D eigenvalue weighted by molar-refractivity contribution is 5.95. The number of hydrogen-bond acceptors (Lipinski definition) is 2. The average Bonchev–Trinajstić information content (AvgIpc) is 2.68. The van der Waals surface area contributed by atoms with Crippen molar-refractivity contribution in [3.63, 3.8) is 0 Å². The summed E-state index contributed by atoms with van der Waals surface area (Å²) in [5.41, 5.74) is 2.97. The van der Waals surface area contributed by atoms with Crippen molar-refractivity contribution in [1.82, 2.24) is 4.90 Å². The normalized spacial score (nSPS) is 17.9. The first-order chi connectivity index (χ1) is 8.45. The molecule has 3 heteroatoms. The van der Waals surface area contributed by atoms with Gasteiger partial charge < -0.3 is 10.2 Å². The maximum atomic E-state index is 12.5. The molecule has 0 atom stereocenters. The van der Waals surface area contributed by atoms with Gasteiger partial charge in [0, 0.05) is 30.4 Å². The van der Waals surface area contributed by atoms with E-state index in [1.165, 1.54) is 0 Å². The van der Waals surface area contributed by atoms with Crippen LogP contribution in [0.4, 0.5) is 5.69 Å². The Labute approximate surface area is 109 Å². The summed E-state index contributed by atoms with van der Waals surface area (Å²) in [4.78, 5) is 14.5. The number of amides is 1. The zero-order valence-electron chi connectivity index (χ0n) is 11.7. The van der Waals surface area contributed by atoms with E-state index in [1.54, 1.807) is 0 Å². The molecular formula is C15H22N2O. The lowest BCUT2D eigenvalue weighted by Crippen LogP contribution is -2.42. The van der Waals surface area contributed by atoms with Gasteiger partial charge in [-0.3, -0.25) is 4.79 Å². The summed E-state index contributed by atoms with van der Waals surface area (Å²) in [6.07, 6.45) is 2.19. The molecule has 0 radical (unpaired) electrons. The van der Waals surface area contributed by atoms with Crippen LogP contribution in [-0.2, 0) is 0 Å². The number of hydrogen-bond donors (Lipinski definition) is 1. The minimum Gasteiger partial charge on any atom is -0.388 e. The van der Waals surface area contributed by atoms with Crippen LogP contribution >= 0.6 is 0 Å². The Morgan fingerprint density at radius 2 is 2.11 bits per heavy atom. The Balaban J connectivity index is 2.27. The van der Waals surface area contributed by atoms with E-state index in [1.807, 2.05) is 37.1 Å². The van der Waals surface area contributed by atoms with Crippen LogP contribution in [0.15, 0.2) is 18.2 Å². The largest absolute Gasteiger partial charge is 0.388 e. The van der Waals surface area contributed by atoms with Crippen molar-refractivity contribution in [2.24, 2.45) is 0 Å². The Morgan fingerprint density at radius 3 is 2.61 bits per heavy atom. The van der Waals surface area contributed by atoms with Crippen LogP contribution in [0.2, 0.25) is 0 Å². The van der Waals surface area contributed by atoms with Crippen molar-refractivity contribution in [1.29, 1.82) is 0 Å². The lowest BCUT2D eigenvalue weighted by atomic mass is 10.0. The number of carbonyl (C=O) groups excluding carboxylic acids is 1. The summed E-state index contributed by atoms with van der Waals surface area (Å²) >= 11 is 0. The second kappa shape index (κ2) is 4.63. The number of likely N-dealkylation sites (tertiary alicyclic amines) is 1. The van der Waals surface area contributed by atoms with E-state index < -0.39 is 0 Å². The second-order valence-electron chi connectivity index (χ2n) is 5.65. The van der Waals surface area contributed by atoms with Gasteiger partial charge in [0.05, 0.1) is 0 Å². The van der Waals surface area contributed by atoms with E-state index in [4.69, 9.17) is 0 Å². The Bertz CT molecular complexity index is 466. The van der Waals surface area contributed by atoms with Gasteiger partial charge >= 0.3 is 0 Å². The van der Waals surface area contributed by atoms with Crippen molar-refractivity contribution in [3.05, 3.63) is 29.3 Å². The number of carbonyl (C=O) groups is 1. The van der Waals surface area contributed by atoms with Gasteiger partial charge in [0.1, 0.15) is 0 Å². The molecule has 1 saturated heterocycles. The lowest BCUT2D eigenvalue weighted by molar-refractivity contribution is 0.0652. The smallest absolute Gasteiger partial charge is 0.254 e. The Morgan fingerprint density at radius 1 is 1.39 bits per heavy atom. The van der Waals surface area contributed by atoms with Crippen LogP contribution in [-0.4, -0.2) is 29.9 Å². The summed E-state index contributed by atoms with van der Waals surface area (Å²) in [6.45, 7) is 7.19. The summed E-state index contributed by atoms with van der Waals surface area (Å²) in [6, 6.07) is 5.86. The minimum atomic E-state index is -0.00728. The predicted molar refractivity (Wildman–Crippen MR) is 75.1 cm³/mol. The zero-order chi connectivity index (χ0) is 13.3. The molecule has 1 aliphatic heterocycles. The molecule has 0 aliphatic carbocycles. The molecule has 1 amide bonds. The molecule has 98 valence electrons. The third-order valence-corrected chi connectivity index (χ3v) is 3.89. The van der Waals surface area contributed by atoms with Gasteiger partial charge in [-0.05, 0) is 57.4 Å². The Hall–Kier alpha value is -1.51. The van der Waals surface area contributed by atoms with Crippen LogP contribution in [0.25, 0.3) is 0 Å². The third kappa shape index (κ3) is 2.22. The van der Waals surface area contributed by atoms with Crippen LogP contribution in [0, 0.1) is 6.92 Å². The summed E-state index contributed by atoms with van der Waals surface area (Å²) in [5.74, 6) is 0.156. The monoisotopic (exact) mass is 246 g/mol. The molecule has 18 heavy (non-hydrogen) atoms.